The highest BCUT2D eigenvalue weighted by Gasteiger charge is 2.41. The number of benzene rings is 2. The first-order valence-corrected chi connectivity index (χ1v) is 8.94. The largest absolute Gasteiger partial charge is 0.494 e. The van der Waals surface area contributed by atoms with E-state index in [4.69, 9.17) is 4.74 Å². The number of carbonyl (C=O) groups is 2. The number of likely N-dealkylation sites (N-methyl/N-ethyl adjacent to an activating group) is 1. The molecule has 0 saturated carbocycles. The first-order valence-electron chi connectivity index (χ1n) is 8.94. The minimum atomic E-state index is -0.432. The zero-order valence-electron chi connectivity index (χ0n) is 15.2. The zero-order chi connectivity index (χ0) is 18.5. The molecule has 136 valence electrons. The van der Waals surface area contributed by atoms with E-state index in [2.05, 4.69) is 0 Å². The third-order valence-corrected chi connectivity index (χ3v) is 4.50. The van der Waals surface area contributed by atoms with Crippen LogP contribution >= 0.6 is 0 Å². The maximum Gasteiger partial charge on any atom is 0.251 e. The number of hydrogen-bond donors (Lipinski definition) is 0. The predicted octanol–water partition coefficient (Wildman–Crippen LogP) is 3.24. The molecule has 1 aliphatic heterocycles. The Hall–Kier alpha value is -2.66. The van der Waals surface area contributed by atoms with E-state index < -0.39 is 6.04 Å². The highest BCUT2D eigenvalue weighted by Crippen LogP contribution is 2.27. The van der Waals surface area contributed by atoms with Crippen LogP contribution in [0.4, 0.5) is 5.69 Å². The molecule has 0 unspecified atom stereocenters. The lowest BCUT2D eigenvalue weighted by Crippen LogP contribution is -2.39. The van der Waals surface area contributed by atoms with Gasteiger partial charge in [0, 0.05) is 6.54 Å². The van der Waals surface area contributed by atoms with Gasteiger partial charge < -0.3 is 4.74 Å². The van der Waals surface area contributed by atoms with Crippen molar-refractivity contribution in [2.24, 2.45) is 0 Å². The number of ether oxygens (including phenoxy) is 1. The van der Waals surface area contributed by atoms with E-state index in [9.17, 15) is 9.59 Å². The summed E-state index contributed by atoms with van der Waals surface area (Å²) in [4.78, 5) is 28.5. The fourth-order valence-electron chi connectivity index (χ4n) is 3.12. The highest BCUT2D eigenvalue weighted by atomic mass is 16.5. The van der Waals surface area contributed by atoms with Crippen molar-refractivity contribution in [2.45, 2.75) is 32.4 Å². The molecule has 2 aromatic carbocycles. The molecule has 0 aromatic heterocycles. The van der Waals surface area contributed by atoms with Gasteiger partial charge in [-0.15, -0.1) is 0 Å². The molecule has 2 amide bonds. The van der Waals surface area contributed by atoms with Crippen molar-refractivity contribution in [1.82, 2.24) is 4.90 Å². The van der Waals surface area contributed by atoms with Crippen LogP contribution in [0.2, 0.25) is 0 Å². The predicted molar refractivity (Wildman–Crippen MR) is 101 cm³/mol. The minimum Gasteiger partial charge on any atom is -0.494 e. The van der Waals surface area contributed by atoms with Crippen LogP contribution in [0.25, 0.3) is 0 Å². The van der Waals surface area contributed by atoms with Crippen LogP contribution in [-0.4, -0.2) is 36.4 Å². The van der Waals surface area contributed by atoms with Crippen molar-refractivity contribution in [1.29, 1.82) is 0 Å². The van der Waals surface area contributed by atoms with Gasteiger partial charge in [-0.2, -0.15) is 0 Å². The number of imide groups is 1. The normalized spacial score (nSPS) is 17.2. The van der Waals surface area contributed by atoms with Crippen molar-refractivity contribution >= 4 is 17.5 Å². The van der Waals surface area contributed by atoms with Gasteiger partial charge in [0.2, 0.25) is 5.91 Å². The molecule has 0 spiro atoms. The second kappa shape index (κ2) is 8.15. The summed E-state index contributed by atoms with van der Waals surface area (Å²) in [5.41, 5.74) is 1.71. The average molecular weight is 352 g/mol. The number of hydrogen-bond acceptors (Lipinski definition) is 4. The van der Waals surface area contributed by atoms with E-state index in [-0.39, 0.29) is 18.2 Å². The quantitative estimate of drug-likeness (QED) is 0.718. The molecule has 0 bridgehead atoms. The SMILES string of the molecule is CCCOc1ccc(N2C(=O)C[C@@H](N(C)Cc3ccccc3)C2=O)cc1. The maximum atomic E-state index is 12.8. The molecular weight excluding hydrogens is 328 g/mol. The summed E-state index contributed by atoms with van der Waals surface area (Å²) in [7, 11) is 1.88. The van der Waals surface area contributed by atoms with Gasteiger partial charge in [0.15, 0.2) is 0 Å². The molecule has 1 saturated heterocycles. The molecule has 1 fully saturated rings. The van der Waals surface area contributed by atoms with Crippen LogP contribution in [0.1, 0.15) is 25.3 Å². The first-order chi connectivity index (χ1) is 12.6. The van der Waals surface area contributed by atoms with Gasteiger partial charge in [0.25, 0.3) is 5.91 Å². The molecule has 26 heavy (non-hydrogen) atoms. The Morgan fingerprint density at radius 1 is 1.08 bits per heavy atom. The topological polar surface area (TPSA) is 49.9 Å². The summed E-state index contributed by atoms with van der Waals surface area (Å²) in [5, 5.41) is 0. The van der Waals surface area contributed by atoms with Crippen LogP contribution in [0.5, 0.6) is 5.75 Å². The molecule has 0 radical (unpaired) electrons. The fraction of sp³-hybridized carbons (Fsp3) is 0.333. The Labute approximate surface area is 154 Å². The van der Waals surface area contributed by atoms with Crippen molar-refractivity contribution < 1.29 is 14.3 Å². The van der Waals surface area contributed by atoms with Crippen LogP contribution in [0.15, 0.2) is 54.6 Å². The van der Waals surface area contributed by atoms with E-state index in [1.165, 1.54) is 4.90 Å². The van der Waals surface area contributed by atoms with Crippen molar-refractivity contribution in [3.63, 3.8) is 0 Å². The lowest BCUT2D eigenvalue weighted by Gasteiger charge is -2.23. The minimum absolute atomic E-state index is 0.165. The molecule has 0 aliphatic carbocycles. The summed E-state index contributed by atoms with van der Waals surface area (Å²) in [6, 6.07) is 16.6. The van der Waals surface area contributed by atoms with E-state index in [1.54, 1.807) is 24.3 Å². The lowest BCUT2D eigenvalue weighted by atomic mass is 10.1. The summed E-state index contributed by atoms with van der Waals surface area (Å²) < 4.78 is 5.56. The molecule has 1 atom stereocenters. The van der Waals surface area contributed by atoms with Crippen LogP contribution in [0, 0.1) is 0 Å². The fourth-order valence-corrected chi connectivity index (χ4v) is 3.12. The molecule has 5 nitrogen and oxygen atoms in total. The van der Waals surface area contributed by atoms with Gasteiger partial charge in [0.05, 0.1) is 24.8 Å². The van der Waals surface area contributed by atoms with Gasteiger partial charge >= 0.3 is 0 Å². The average Bonchev–Trinajstić information content (AvgIpc) is 2.96. The van der Waals surface area contributed by atoms with Crippen LogP contribution < -0.4 is 9.64 Å². The third-order valence-electron chi connectivity index (χ3n) is 4.50. The maximum absolute atomic E-state index is 12.8. The van der Waals surface area contributed by atoms with Gasteiger partial charge in [-0.1, -0.05) is 37.3 Å². The van der Waals surface area contributed by atoms with Gasteiger partial charge in [-0.3, -0.25) is 14.5 Å². The number of anilines is 1. The number of nitrogens with zero attached hydrogens (tertiary/aromatic N) is 2. The van der Waals surface area contributed by atoms with Gasteiger partial charge in [0.1, 0.15) is 5.75 Å². The molecule has 5 heteroatoms. The Morgan fingerprint density at radius 2 is 1.77 bits per heavy atom. The van der Waals surface area contributed by atoms with Crippen LogP contribution in [-0.2, 0) is 16.1 Å². The monoisotopic (exact) mass is 352 g/mol. The number of amides is 2. The molecule has 3 rings (SSSR count). The van der Waals surface area contributed by atoms with Crippen molar-refractivity contribution in [3.05, 3.63) is 60.2 Å². The van der Waals surface area contributed by atoms with E-state index in [0.29, 0.717) is 18.8 Å². The lowest BCUT2D eigenvalue weighted by molar-refractivity contribution is -0.122. The molecule has 1 aliphatic rings. The Morgan fingerprint density at radius 3 is 2.42 bits per heavy atom. The second-order valence-corrected chi connectivity index (χ2v) is 6.53. The highest BCUT2D eigenvalue weighted by molar-refractivity contribution is 6.22. The first kappa shape index (κ1) is 18.1. The summed E-state index contributed by atoms with van der Waals surface area (Å²) in [6.45, 7) is 3.32. The summed E-state index contributed by atoms with van der Waals surface area (Å²) in [6.07, 6.45) is 1.14. The zero-order valence-corrected chi connectivity index (χ0v) is 15.2. The molecule has 2 aromatic rings. The van der Waals surface area contributed by atoms with Crippen LogP contribution in [0.3, 0.4) is 0 Å². The smallest absolute Gasteiger partial charge is 0.251 e. The second-order valence-electron chi connectivity index (χ2n) is 6.53. The Balaban J connectivity index is 1.70. The third kappa shape index (κ3) is 3.94. The Kier molecular flexibility index (Phi) is 5.68. The standard InChI is InChI=1S/C21H24N2O3/c1-3-13-26-18-11-9-17(10-12-18)23-20(24)14-19(21(23)25)22(2)15-16-7-5-4-6-8-16/h4-12,19H,3,13-15H2,1-2H3/t19-/m1/s1. The molecular formula is C21H24N2O3. The Bertz CT molecular complexity index is 759. The van der Waals surface area contributed by atoms with Gasteiger partial charge in [-0.05, 0) is 43.3 Å². The molecule has 1 heterocycles. The molecule has 0 N–H and O–H groups in total. The number of rotatable bonds is 7. The van der Waals surface area contributed by atoms with E-state index >= 15 is 0 Å². The van der Waals surface area contributed by atoms with Crippen molar-refractivity contribution in [2.75, 3.05) is 18.6 Å². The van der Waals surface area contributed by atoms with Crippen molar-refractivity contribution in [3.8, 4) is 5.75 Å². The van der Waals surface area contributed by atoms with E-state index in [0.717, 1.165) is 17.7 Å². The van der Waals surface area contributed by atoms with E-state index in [1.807, 2.05) is 49.2 Å². The summed E-state index contributed by atoms with van der Waals surface area (Å²) in [5.74, 6) is 0.408. The summed E-state index contributed by atoms with van der Waals surface area (Å²) >= 11 is 0. The van der Waals surface area contributed by atoms with Gasteiger partial charge in [-0.25, -0.2) is 4.90 Å². The number of carbonyl (C=O) groups excluding carboxylic acids is 2.